The van der Waals surface area contributed by atoms with Gasteiger partial charge in [0, 0.05) is 25.0 Å². The van der Waals surface area contributed by atoms with Crippen LogP contribution < -0.4 is 16.0 Å². The number of carbonyl (C=O) groups excluding carboxylic acids is 1. The molecule has 0 aliphatic carbocycles. The highest BCUT2D eigenvalue weighted by molar-refractivity contribution is 7.18. The maximum absolute atomic E-state index is 14.0. The van der Waals surface area contributed by atoms with Crippen LogP contribution in [0, 0.1) is 11.6 Å². The van der Waals surface area contributed by atoms with E-state index in [0.717, 1.165) is 54.4 Å². The Hall–Kier alpha value is -3.04. The third-order valence-electron chi connectivity index (χ3n) is 4.71. The number of ketones is 1. The standard InChI is InChI=1S/C22H25F2N5OS/c1-28(2)12-5-13-29(3)15-10-8-14(9-11-15)26-22-27-21(25)20(31-22)19(30)18-16(23)6-4-7-17(18)24/h4,6-11H,5,12-13,25H2,1-3H3,(H,26,27). The fraction of sp³-hybridized carbons (Fsp3) is 0.273. The number of nitrogens with zero attached hydrogens (tertiary/aromatic N) is 3. The van der Waals surface area contributed by atoms with Crippen LogP contribution in [0.1, 0.15) is 21.7 Å². The number of hydrogen-bond acceptors (Lipinski definition) is 7. The Morgan fingerprint density at radius 2 is 1.71 bits per heavy atom. The van der Waals surface area contributed by atoms with Crippen molar-refractivity contribution in [3.05, 3.63) is 64.5 Å². The Bertz CT molecular complexity index is 1030. The number of anilines is 4. The minimum absolute atomic E-state index is 0.0104. The topological polar surface area (TPSA) is 74.5 Å². The largest absolute Gasteiger partial charge is 0.382 e. The first kappa shape index (κ1) is 22.6. The molecule has 0 spiro atoms. The molecule has 0 bridgehead atoms. The zero-order valence-corrected chi connectivity index (χ0v) is 18.5. The maximum Gasteiger partial charge on any atom is 0.212 e. The maximum atomic E-state index is 14.0. The number of nitrogen functional groups attached to an aromatic ring is 1. The first-order valence-corrected chi connectivity index (χ1v) is 10.6. The summed E-state index contributed by atoms with van der Waals surface area (Å²) in [6.45, 7) is 1.96. The van der Waals surface area contributed by atoms with Crippen molar-refractivity contribution in [3.8, 4) is 0 Å². The molecule has 0 atom stereocenters. The number of nitrogens with two attached hydrogens (primary N) is 1. The molecule has 3 rings (SSSR count). The molecule has 0 saturated heterocycles. The SMILES string of the molecule is CN(C)CCCN(C)c1ccc(Nc2nc(N)c(C(=O)c3c(F)cccc3F)s2)cc1. The number of carbonyl (C=O) groups is 1. The van der Waals surface area contributed by atoms with Gasteiger partial charge in [-0.3, -0.25) is 4.79 Å². The lowest BCUT2D eigenvalue weighted by atomic mass is 10.1. The van der Waals surface area contributed by atoms with Gasteiger partial charge in [-0.15, -0.1) is 0 Å². The molecule has 1 aromatic heterocycles. The second kappa shape index (κ2) is 9.84. The van der Waals surface area contributed by atoms with E-state index in [1.54, 1.807) is 0 Å². The summed E-state index contributed by atoms with van der Waals surface area (Å²) in [5.41, 5.74) is 7.05. The molecule has 2 aromatic carbocycles. The monoisotopic (exact) mass is 445 g/mol. The van der Waals surface area contributed by atoms with Crippen molar-refractivity contribution in [1.29, 1.82) is 0 Å². The minimum Gasteiger partial charge on any atom is -0.382 e. The predicted octanol–water partition coefficient (Wildman–Crippen LogP) is 4.37. The third kappa shape index (κ3) is 5.56. The normalized spacial score (nSPS) is 11.0. The van der Waals surface area contributed by atoms with Crippen molar-refractivity contribution in [2.24, 2.45) is 0 Å². The highest BCUT2D eigenvalue weighted by atomic mass is 32.1. The van der Waals surface area contributed by atoms with E-state index < -0.39 is 23.0 Å². The van der Waals surface area contributed by atoms with Crippen molar-refractivity contribution in [3.63, 3.8) is 0 Å². The molecule has 9 heteroatoms. The van der Waals surface area contributed by atoms with Gasteiger partial charge in [0.25, 0.3) is 0 Å². The lowest BCUT2D eigenvalue weighted by Crippen LogP contribution is -2.23. The quantitative estimate of drug-likeness (QED) is 0.477. The number of halogens is 2. The molecule has 0 radical (unpaired) electrons. The predicted molar refractivity (Wildman–Crippen MR) is 122 cm³/mol. The van der Waals surface area contributed by atoms with E-state index in [1.165, 1.54) is 6.07 Å². The number of hydrogen-bond donors (Lipinski definition) is 2. The molecule has 0 fully saturated rings. The van der Waals surface area contributed by atoms with Gasteiger partial charge in [-0.2, -0.15) is 0 Å². The average Bonchev–Trinajstić information content (AvgIpc) is 3.08. The van der Waals surface area contributed by atoms with Gasteiger partial charge >= 0.3 is 0 Å². The fourth-order valence-electron chi connectivity index (χ4n) is 3.05. The molecular formula is C22H25F2N5OS. The number of thiazole rings is 1. The Kier molecular flexibility index (Phi) is 7.19. The average molecular weight is 446 g/mol. The zero-order valence-electron chi connectivity index (χ0n) is 17.7. The lowest BCUT2D eigenvalue weighted by Gasteiger charge is -2.20. The second-order valence-corrected chi connectivity index (χ2v) is 8.41. The van der Waals surface area contributed by atoms with Crippen LogP contribution in [0.15, 0.2) is 42.5 Å². The van der Waals surface area contributed by atoms with Gasteiger partial charge in [0.1, 0.15) is 22.3 Å². The van der Waals surface area contributed by atoms with Crippen molar-refractivity contribution in [2.75, 3.05) is 50.2 Å². The van der Waals surface area contributed by atoms with E-state index in [-0.39, 0.29) is 10.7 Å². The lowest BCUT2D eigenvalue weighted by molar-refractivity contribution is 0.103. The van der Waals surface area contributed by atoms with Gasteiger partial charge in [-0.1, -0.05) is 17.4 Å². The van der Waals surface area contributed by atoms with E-state index >= 15 is 0 Å². The summed E-state index contributed by atoms with van der Waals surface area (Å²) < 4.78 is 27.9. The van der Waals surface area contributed by atoms with Crippen LogP contribution in [0.25, 0.3) is 0 Å². The van der Waals surface area contributed by atoms with E-state index in [4.69, 9.17) is 5.73 Å². The fourth-order valence-corrected chi connectivity index (χ4v) is 3.90. The van der Waals surface area contributed by atoms with Crippen LogP contribution in [0.3, 0.4) is 0 Å². The Morgan fingerprint density at radius 3 is 2.32 bits per heavy atom. The van der Waals surface area contributed by atoms with Crippen LogP contribution in [0.5, 0.6) is 0 Å². The molecule has 3 aromatic rings. The minimum atomic E-state index is -0.933. The van der Waals surface area contributed by atoms with Gasteiger partial charge < -0.3 is 20.9 Å². The molecule has 0 unspecified atom stereocenters. The molecule has 0 saturated carbocycles. The summed E-state index contributed by atoms with van der Waals surface area (Å²) in [5.74, 6) is -2.76. The van der Waals surface area contributed by atoms with Crippen LogP contribution in [-0.2, 0) is 0 Å². The van der Waals surface area contributed by atoms with Crippen LogP contribution >= 0.6 is 11.3 Å². The van der Waals surface area contributed by atoms with Gasteiger partial charge in [-0.25, -0.2) is 13.8 Å². The summed E-state index contributed by atoms with van der Waals surface area (Å²) in [6.07, 6.45) is 1.06. The highest BCUT2D eigenvalue weighted by Crippen LogP contribution is 2.31. The number of aromatic nitrogens is 1. The van der Waals surface area contributed by atoms with Gasteiger partial charge in [0.2, 0.25) is 5.78 Å². The summed E-state index contributed by atoms with van der Waals surface area (Å²) in [5, 5.41) is 3.45. The summed E-state index contributed by atoms with van der Waals surface area (Å²) in [7, 11) is 6.15. The van der Waals surface area contributed by atoms with Crippen LogP contribution in [0.4, 0.5) is 31.1 Å². The first-order chi connectivity index (χ1) is 14.8. The molecule has 0 aliphatic rings. The zero-order chi connectivity index (χ0) is 22.5. The number of benzene rings is 2. The molecule has 6 nitrogen and oxygen atoms in total. The third-order valence-corrected chi connectivity index (χ3v) is 5.69. The highest BCUT2D eigenvalue weighted by Gasteiger charge is 2.24. The molecule has 0 aliphatic heterocycles. The summed E-state index contributed by atoms with van der Waals surface area (Å²) in [4.78, 5) is 21.0. The molecular weight excluding hydrogens is 420 g/mol. The number of rotatable bonds is 9. The second-order valence-electron chi connectivity index (χ2n) is 7.41. The number of nitrogens with one attached hydrogen (secondary N) is 1. The van der Waals surface area contributed by atoms with E-state index in [1.807, 2.05) is 31.3 Å². The first-order valence-electron chi connectivity index (χ1n) is 9.74. The van der Waals surface area contributed by atoms with Crippen LogP contribution in [-0.4, -0.2) is 49.9 Å². The Morgan fingerprint density at radius 1 is 1.06 bits per heavy atom. The molecule has 0 amide bonds. The van der Waals surface area contributed by atoms with Crippen molar-refractivity contribution in [2.45, 2.75) is 6.42 Å². The van der Waals surface area contributed by atoms with Crippen molar-refractivity contribution >= 4 is 39.4 Å². The molecule has 3 N–H and O–H groups in total. The Balaban J connectivity index is 1.69. The van der Waals surface area contributed by atoms with Crippen LogP contribution in [0.2, 0.25) is 0 Å². The Labute approximate surface area is 184 Å². The van der Waals surface area contributed by atoms with Gasteiger partial charge in [0.05, 0.1) is 5.56 Å². The van der Waals surface area contributed by atoms with E-state index in [9.17, 15) is 13.6 Å². The summed E-state index contributed by atoms with van der Waals surface area (Å²) in [6, 6.07) is 11.0. The van der Waals surface area contributed by atoms with Crippen molar-refractivity contribution in [1.82, 2.24) is 9.88 Å². The molecule has 31 heavy (non-hydrogen) atoms. The van der Waals surface area contributed by atoms with Crippen molar-refractivity contribution < 1.29 is 13.6 Å². The van der Waals surface area contributed by atoms with Gasteiger partial charge in [-0.05, 0) is 63.5 Å². The molecule has 164 valence electrons. The smallest absolute Gasteiger partial charge is 0.212 e. The summed E-state index contributed by atoms with van der Waals surface area (Å²) >= 11 is 0.954. The van der Waals surface area contributed by atoms with Gasteiger partial charge in [0.15, 0.2) is 5.13 Å². The molecule has 1 heterocycles. The van der Waals surface area contributed by atoms with E-state index in [2.05, 4.69) is 34.2 Å². The van der Waals surface area contributed by atoms with E-state index in [0.29, 0.717) is 5.13 Å².